The minimum atomic E-state index is -0.549. The molecule has 1 heterocycles. The van der Waals surface area contributed by atoms with Gasteiger partial charge in [0.05, 0.1) is 0 Å². The Morgan fingerprint density at radius 2 is 1.22 bits per heavy atom. The normalized spacial score (nSPS) is 13.1. The molecular formula is C24H17IOS. The van der Waals surface area contributed by atoms with E-state index >= 15 is 0 Å². The maximum Gasteiger partial charge on any atom is 0.128 e. The Bertz CT molecular complexity index is 1080. The van der Waals surface area contributed by atoms with E-state index in [2.05, 4.69) is 101 Å². The van der Waals surface area contributed by atoms with Crippen molar-refractivity contribution in [1.82, 2.24) is 0 Å². The van der Waals surface area contributed by atoms with Crippen molar-refractivity contribution < 1.29 is 4.74 Å². The first-order chi connectivity index (χ1) is 13.3. The minimum Gasteiger partial charge on any atom is -0.457 e. The van der Waals surface area contributed by atoms with Gasteiger partial charge < -0.3 is 4.74 Å². The highest BCUT2D eigenvalue weighted by Crippen LogP contribution is 2.62. The highest BCUT2D eigenvalue weighted by atomic mass is 127. The van der Waals surface area contributed by atoms with Crippen LogP contribution in [0.15, 0.2) is 112 Å². The van der Waals surface area contributed by atoms with E-state index in [4.69, 9.17) is 4.74 Å². The molecule has 0 spiro atoms. The van der Waals surface area contributed by atoms with Gasteiger partial charge in [0.15, 0.2) is 0 Å². The molecule has 1 aliphatic rings. The van der Waals surface area contributed by atoms with E-state index in [1.54, 1.807) is 0 Å². The van der Waals surface area contributed by atoms with Crippen molar-refractivity contribution in [3.8, 4) is 22.6 Å². The molecule has 4 aromatic rings. The molecule has 27 heavy (non-hydrogen) atoms. The van der Waals surface area contributed by atoms with Crippen LogP contribution in [0.1, 0.15) is 0 Å². The second-order valence-corrected chi connectivity index (χ2v) is 9.82. The zero-order valence-corrected chi connectivity index (χ0v) is 17.5. The first-order valence-electron chi connectivity index (χ1n) is 8.82. The first kappa shape index (κ1) is 16.9. The molecule has 0 amide bonds. The van der Waals surface area contributed by atoms with E-state index in [1.165, 1.54) is 29.4 Å². The Hall–Kier alpha value is -2.24. The lowest BCUT2D eigenvalue weighted by Gasteiger charge is -2.19. The van der Waals surface area contributed by atoms with Gasteiger partial charge in [-0.2, -0.15) is 10.9 Å². The van der Waals surface area contributed by atoms with E-state index in [1.807, 2.05) is 18.2 Å². The van der Waals surface area contributed by atoms with Crippen molar-refractivity contribution >= 4 is 33.5 Å². The SMILES string of the molecule is Ic1ccc(Oc2cccc([SH]3c4ccccc4-c4ccccc43)c2)cc1. The second-order valence-electron chi connectivity index (χ2n) is 6.42. The van der Waals surface area contributed by atoms with E-state index in [9.17, 15) is 0 Å². The van der Waals surface area contributed by atoms with Gasteiger partial charge in [-0.15, -0.1) is 0 Å². The quantitative estimate of drug-likeness (QED) is 0.207. The van der Waals surface area contributed by atoms with E-state index in [0.29, 0.717) is 0 Å². The summed E-state index contributed by atoms with van der Waals surface area (Å²) in [5.74, 6) is 1.76. The molecule has 0 radical (unpaired) electrons. The number of halogens is 1. The fourth-order valence-corrected chi connectivity index (χ4v) is 6.53. The fourth-order valence-electron chi connectivity index (χ4n) is 3.53. The number of fused-ring (bicyclic) bond motifs is 3. The van der Waals surface area contributed by atoms with Crippen LogP contribution in [0.2, 0.25) is 0 Å². The summed E-state index contributed by atoms with van der Waals surface area (Å²) in [6, 6.07) is 34.3. The fraction of sp³-hybridized carbons (Fsp3) is 0. The molecule has 0 fully saturated rings. The molecule has 0 atom stereocenters. The van der Waals surface area contributed by atoms with Crippen LogP contribution in [-0.2, 0) is 0 Å². The molecule has 1 aliphatic heterocycles. The molecule has 0 saturated carbocycles. The van der Waals surface area contributed by atoms with Crippen LogP contribution in [0.4, 0.5) is 0 Å². The topological polar surface area (TPSA) is 9.23 Å². The monoisotopic (exact) mass is 480 g/mol. The lowest BCUT2D eigenvalue weighted by molar-refractivity contribution is 0.481. The van der Waals surface area contributed by atoms with Crippen molar-refractivity contribution in [2.24, 2.45) is 0 Å². The third-order valence-electron chi connectivity index (χ3n) is 4.71. The van der Waals surface area contributed by atoms with E-state index in [0.717, 1.165) is 11.5 Å². The Labute approximate surface area is 175 Å². The van der Waals surface area contributed by atoms with Crippen molar-refractivity contribution in [2.45, 2.75) is 14.7 Å². The van der Waals surface area contributed by atoms with Crippen molar-refractivity contribution in [3.05, 3.63) is 101 Å². The van der Waals surface area contributed by atoms with Gasteiger partial charge >= 0.3 is 0 Å². The van der Waals surface area contributed by atoms with Crippen LogP contribution in [-0.4, -0.2) is 0 Å². The lowest BCUT2D eigenvalue weighted by Crippen LogP contribution is -1.87. The molecule has 5 rings (SSSR count). The molecular weight excluding hydrogens is 463 g/mol. The summed E-state index contributed by atoms with van der Waals surface area (Å²) in [5.41, 5.74) is 2.73. The summed E-state index contributed by atoms with van der Waals surface area (Å²) in [4.78, 5) is 4.19. The lowest BCUT2D eigenvalue weighted by atomic mass is 10.1. The number of rotatable bonds is 3. The second kappa shape index (κ2) is 7.06. The highest BCUT2D eigenvalue weighted by Gasteiger charge is 2.26. The van der Waals surface area contributed by atoms with Crippen LogP contribution >= 0.6 is 33.5 Å². The average molecular weight is 480 g/mol. The number of thiol groups is 1. The third kappa shape index (κ3) is 3.15. The predicted octanol–water partition coefficient (Wildman–Crippen LogP) is 7.54. The first-order valence-corrected chi connectivity index (χ1v) is 11.2. The molecule has 3 heteroatoms. The van der Waals surface area contributed by atoms with Crippen LogP contribution in [0.25, 0.3) is 11.1 Å². The van der Waals surface area contributed by atoms with Crippen LogP contribution < -0.4 is 4.74 Å². The largest absolute Gasteiger partial charge is 0.457 e. The van der Waals surface area contributed by atoms with Gasteiger partial charge in [0.1, 0.15) is 11.5 Å². The minimum absolute atomic E-state index is 0.549. The van der Waals surface area contributed by atoms with Gasteiger partial charge in [0.25, 0.3) is 0 Å². The van der Waals surface area contributed by atoms with Crippen LogP contribution in [0.3, 0.4) is 0 Å². The third-order valence-corrected chi connectivity index (χ3v) is 7.96. The molecule has 1 nitrogen and oxygen atoms in total. The van der Waals surface area contributed by atoms with Crippen LogP contribution in [0, 0.1) is 3.57 Å². The van der Waals surface area contributed by atoms with Crippen LogP contribution in [0.5, 0.6) is 11.5 Å². The maximum absolute atomic E-state index is 6.12. The molecule has 0 N–H and O–H groups in total. The molecule has 0 aliphatic carbocycles. The van der Waals surface area contributed by atoms with Gasteiger partial charge in [0.2, 0.25) is 0 Å². The molecule has 0 saturated heterocycles. The van der Waals surface area contributed by atoms with Gasteiger partial charge in [-0.3, -0.25) is 0 Å². The van der Waals surface area contributed by atoms with Crippen molar-refractivity contribution in [2.75, 3.05) is 0 Å². The Morgan fingerprint density at radius 3 is 1.89 bits per heavy atom. The predicted molar refractivity (Wildman–Crippen MR) is 121 cm³/mol. The van der Waals surface area contributed by atoms with E-state index < -0.39 is 10.9 Å². The molecule has 132 valence electrons. The Morgan fingerprint density at radius 1 is 0.593 bits per heavy atom. The number of hydrogen-bond donors (Lipinski definition) is 1. The smallest absolute Gasteiger partial charge is 0.128 e. The van der Waals surface area contributed by atoms with Crippen molar-refractivity contribution in [3.63, 3.8) is 0 Å². The van der Waals surface area contributed by atoms with Gasteiger partial charge in [-0.25, -0.2) is 0 Å². The highest BCUT2D eigenvalue weighted by molar-refractivity contribution is 14.1. The standard InChI is InChI=1S/C24H17IOS/c25-17-12-14-18(15-13-17)26-19-6-5-7-20(16-19)27-23-10-3-1-8-21(23)22-9-2-4-11-24(22)27/h1-16,27H. The Kier molecular flexibility index (Phi) is 4.42. The Balaban J connectivity index is 1.56. The summed E-state index contributed by atoms with van der Waals surface area (Å²) < 4.78 is 7.32. The zero-order valence-electron chi connectivity index (χ0n) is 14.5. The summed E-state index contributed by atoms with van der Waals surface area (Å²) in [7, 11) is -0.549. The summed E-state index contributed by atoms with van der Waals surface area (Å²) in [5, 5.41) is 0. The summed E-state index contributed by atoms with van der Waals surface area (Å²) in [6.45, 7) is 0. The number of ether oxygens (including phenoxy) is 1. The number of benzene rings is 4. The van der Waals surface area contributed by atoms with Crippen molar-refractivity contribution in [1.29, 1.82) is 0 Å². The van der Waals surface area contributed by atoms with E-state index in [-0.39, 0.29) is 0 Å². The molecule has 4 aromatic carbocycles. The summed E-state index contributed by atoms with van der Waals surface area (Å²) >= 11 is 2.31. The zero-order chi connectivity index (χ0) is 18.2. The van der Waals surface area contributed by atoms with Gasteiger partial charge in [0, 0.05) is 13.4 Å². The molecule has 0 aromatic heterocycles. The maximum atomic E-state index is 6.12. The number of hydrogen-bond acceptors (Lipinski definition) is 1. The molecule has 0 unspecified atom stereocenters. The molecule has 0 bridgehead atoms. The van der Waals surface area contributed by atoms with Gasteiger partial charge in [-0.05, 0) is 93.2 Å². The van der Waals surface area contributed by atoms with Gasteiger partial charge in [-0.1, -0.05) is 42.5 Å². The summed E-state index contributed by atoms with van der Waals surface area (Å²) in [6.07, 6.45) is 0. The average Bonchev–Trinajstić information content (AvgIpc) is 3.05.